The van der Waals surface area contributed by atoms with Crippen molar-refractivity contribution in [3.63, 3.8) is 0 Å². The quantitative estimate of drug-likeness (QED) is 0.181. The van der Waals surface area contributed by atoms with Gasteiger partial charge in [-0.3, -0.25) is 4.98 Å². The predicted molar refractivity (Wildman–Crippen MR) is 212 cm³/mol. The van der Waals surface area contributed by atoms with Crippen LogP contribution in [-0.2, 0) is 0 Å². The minimum atomic E-state index is 0.225. The molecule has 2 heteroatoms. The molecule has 6 aromatic carbocycles. The van der Waals surface area contributed by atoms with Gasteiger partial charge in [0.1, 0.15) is 0 Å². The third kappa shape index (κ3) is 4.91. The summed E-state index contributed by atoms with van der Waals surface area (Å²) in [5, 5.41) is 2.37. The normalized spacial score (nSPS) is 16.4. The third-order valence-corrected chi connectivity index (χ3v) is 10.7. The van der Waals surface area contributed by atoms with Crippen molar-refractivity contribution in [2.75, 3.05) is 0 Å². The van der Waals surface area contributed by atoms with E-state index in [-0.39, 0.29) is 11.8 Å². The second-order valence-corrected chi connectivity index (χ2v) is 13.5. The van der Waals surface area contributed by atoms with Gasteiger partial charge in [0, 0.05) is 40.7 Å². The summed E-state index contributed by atoms with van der Waals surface area (Å²) in [6, 6.07) is 57.6. The molecule has 2 aliphatic carbocycles. The highest BCUT2D eigenvalue weighted by atomic mass is 15.0. The highest BCUT2D eigenvalue weighted by molar-refractivity contribution is 6.10. The maximum absolute atomic E-state index is 4.49. The molecule has 2 heterocycles. The lowest BCUT2D eigenvalue weighted by Crippen LogP contribution is -2.23. The van der Waals surface area contributed by atoms with E-state index in [1.807, 2.05) is 12.4 Å². The zero-order chi connectivity index (χ0) is 33.7. The SMILES string of the molecule is C1=CC2=C(c3ccccc3)c3ccc(-c4ccc(-c5ccc6c(c5)c5cnccc5n6-c5ccccc5)cc4)cc3C(c3ccccc3)C2C=C1. The van der Waals surface area contributed by atoms with Crippen LogP contribution < -0.4 is 0 Å². The van der Waals surface area contributed by atoms with Crippen molar-refractivity contribution in [2.45, 2.75) is 5.92 Å². The van der Waals surface area contributed by atoms with Crippen LogP contribution in [0.3, 0.4) is 0 Å². The van der Waals surface area contributed by atoms with E-state index < -0.39 is 0 Å². The number of rotatable bonds is 5. The van der Waals surface area contributed by atoms with Crippen molar-refractivity contribution in [3.8, 4) is 27.9 Å². The Morgan fingerprint density at radius 3 is 1.92 bits per heavy atom. The fourth-order valence-corrected chi connectivity index (χ4v) is 8.41. The molecule has 10 rings (SSSR count). The Morgan fingerprint density at radius 1 is 0.510 bits per heavy atom. The van der Waals surface area contributed by atoms with Gasteiger partial charge in [-0.05, 0) is 92.1 Å². The summed E-state index contributed by atoms with van der Waals surface area (Å²) in [4.78, 5) is 4.49. The summed E-state index contributed by atoms with van der Waals surface area (Å²) < 4.78 is 2.33. The summed E-state index contributed by atoms with van der Waals surface area (Å²) >= 11 is 0. The molecular weight excluding hydrogens is 617 g/mol. The summed E-state index contributed by atoms with van der Waals surface area (Å²) in [6.45, 7) is 0. The standard InChI is InChI=1S/C49H34N2/c1-4-12-35(13-5-1)48-40-18-10-11-19-41(40)49(36-14-6-2-7-15-36)44-31-37(24-26-42(44)48)33-20-22-34(23-21-33)38-25-27-46-43(30-38)45-32-50-29-28-47(45)51(46)39-16-8-3-9-17-39/h1-32,41,49H. The summed E-state index contributed by atoms with van der Waals surface area (Å²) in [7, 11) is 0. The predicted octanol–water partition coefficient (Wildman–Crippen LogP) is 12.2. The summed E-state index contributed by atoms with van der Waals surface area (Å²) in [5.74, 6) is 0.485. The van der Waals surface area contributed by atoms with Gasteiger partial charge in [0.15, 0.2) is 0 Å². The third-order valence-electron chi connectivity index (χ3n) is 10.7. The zero-order valence-electron chi connectivity index (χ0n) is 28.0. The average Bonchev–Trinajstić information content (AvgIpc) is 3.54. The fourth-order valence-electron chi connectivity index (χ4n) is 8.41. The van der Waals surface area contributed by atoms with Crippen molar-refractivity contribution < 1.29 is 0 Å². The Hall–Kier alpha value is -6.51. The number of aromatic nitrogens is 2. The van der Waals surface area contributed by atoms with E-state index in [0.29, 0.717) is 0 Å². The number of hydrogen-bond acceptors (Lipinski definition) is 1. The second-order valence-electron chi connectivity index (χ2n) is 13.5. The van der Waals surface area contributed by atoms with Crippen LogP contribution >= 0.6 is 0 Å². The van der Waals surface area contributed by atoms with Crippen LogP contribution in [0.5, 0.6) is 0 Å². The molecule has 2 atom stereocenters. The largest absolute Gasteiger partial charge is 0.309 e. The number of pyridine rings is 1. The number of hydrogen-bond donors (Lipinski definition) is 0. The van der Waals surface area contributed by atoms with Gasteiger partial charge in [-0.15, -0.1) is 0 Å². The number of fused-ring (bicyclic) bond motifs is 5. The molecule has 2 nitrogen and oxygen atoms in total. The number of benzene rings is 6. The van der Waals surface area contributed by atoms with Crippen LogP contribution in [0.15, 0.2) is 200 Å². The highest BCUT2D eigenvalue weighted by Crippen LogP contribution is 2.51. The molecule has 2 aliphatic rings. The molecule has 0 saturated carbocycles. The summed E-state index contributed by atoms with van der Waals surface area (Å²) in [5.41, 5.74) is 16.4. The molecule has 8 aromatic rings. The molecule has 0 spiro atoms. The van der Waals surface area contributed by atoms with Crippen LogP contribution in [0.2, 0.25) is 0 Å². The molecule has 240 valence electrons. The van der Waals surface area contributed by atoms with E-state index in [0.717, 1.165) is 16.6 Å². The van der Waals surface area contributed by atoms with Crippen LogP contribution in [0.1, 0.15) is 28.2 Å². The first-order chi connectivity index (χ1) is 25.3. The second kappa shape index (κ2) is 12.1. The minimum Gasteiger partial charge on any atom is -0.309 e. The van der Waals surface area contributed by atoms with Crippen molar-refractivity contribution >= 4 is 27.4 Å². The molecule has 0 amide bonds. The van der Waals surface area contributed by atoms with Gasteiger partial charge in [0.05, 0.1) is 11.0 Å². The van der Waals surface area contributed by atoms with E-state index in [1.54, 1.807) is 0 Å². The van der Waals surface area contributed by atoms with Crippen molar-refractivity contribution in [1.29, 1.82) is 0 Å². The molecule has 2 aromatic heterocycles. The lowest BCUT2D eigenvalue weighted by Gasteiger charge is -2.37. The Kier molecular flexibility index (Phi) is 6.99. The number of allylic oxidation sites excluding steroid dienone is 5. The molecule has 0 N–H and O–H groups in total. The van der Waals surface area contributed by atoms with Crippen molar-refractivity contribution in [3.05, 3.63) is 222 Å². The van der Waals surface area contributed by atoms with Crippen LogP contribution in [-0.4, -0.2) is 9.55 Å². The molecule has 51 heavy (non-hydrogen) atoms. The average molecular weight is 651 g/mol. The Bertz CT molecular complexity index is 2660. The molecule has 0 radical (unpaired) electrons. The molecule has 0 fully saturated rings. The van der Waals surface area contributed by atoms with E-state index in [2.05, 4.69) is 192 Å². The first-order valence-corrected chi connectivity index (χ1v) is 17.7. The number of para-hydroxylation sites is 1. The van der Waals surface area contributed by atoms with Gasteiger partial charge in [-0.1, -0.05) is 146 Å². The highest BCUT2D eigenvalue weighted by Gasteiger charge is 2.35. The molecule has 2 unspecified atom stereocenters. The zero-order valence-corrected chi connectivity index (χ0v) is 28.0. The van der Waals surface area contributed by atoms with Gasteiger partial charge in [-0.2, -0.15) is 0 Å². The van der Waals surface area contributed by atoms with E-state index in [4.69, 9.17) is 0 Å². The summed E-state index contributed by atoms with van der Waals surface area (Å²) in [6.07, 6.45) is 13.0. The fraction of sp³-hybridized carbons (Fsp3) is 0.0408. The van der Waals surface area contributed by atoms with Crippen molar-refractivity contribution in [1.82, 2.24) is 9.55 Å². The van der Waals surface area contributed by atoms with E-state index >= 15 is 0 Å². The first kappa shape index (κ1) is 29.4. The minimum absolute atomic E-state index is 0.225. The monoisotopic (exact) mass is 650 g/mol. The smallest absolute Gasteiger partial charge is 0.0571 e. The van der Waals surface area contributed by atoms with Gasteiger partial charge in [0.25, 0.3) is 0 Å². The molecular formula is C49H34N2. The Morgan fingerprint density at radius 2 is 1.16 bits per heavy atom. The molecule has 0 aliphatic heterocycles. The lowest BCUT2D eigenvalue weighted by molar-refractivity contribution is 0.649. The van der Waals surface area contributed by atoms with E-state index in [9.17, 15) is 0 Å². The first-order valence-electron chi connectivity index (χ1n) is 17.7. The maximum Gasteiger partial charge on any atom is 0.0571 e. The number of nitrogens with zero attached hydrogens (tertiary/aromatic N) is 2. The van der Waals surface area contributed by atoms with Crippen LogP contribution in [0, 0.1) is 5.92 Å². The maximum atomic E-state index is 4.49. The van der Waals surface area contributed by atoms with Crippen LogP contribution in [0.25, 0.3) is 55.3 Å². The lowest BCUT2D eigenvalue weighted by atomic mass is 9.66. The van der Waals surface area contributed by atoms with Gasteiger partial charge in [0.2, 0.25) is 0 Å². The Labute approximate surface area is 298 Å². The molecule has 0 saturated heterocycles. The molecule has 0 bridgehead atoms. The van der Waals surface area contributed by atoms with Gasteiger partial charge in [-0.25, -0.2) is 0 Å². The Balaban J connectivity index is 1.07. The van der Waals surface area contributed by atoms with Gasteiger partial charge < -0.3 is 4.57 Å². The topological polar surface area (TPSA) is 17.8 Å². The van der Waals surface area contributed by atoms with Gasteiger partial charge >= 0.3 is 0 Å². The van der Waals surface area contributed by atoms with Crippen LogP contribution in [0.4, 0.5) is 0 Å². The van der Waals surface area contributed by atoms with E-state index in [1.165, 1.54) is 66.6 Å². The van der Waals surface area contributed by atoms with Crippen molar-refractivity contribution in [2.24, 2.45) is 5.92 Å².